The number of likely N-dealkylation sites (N-methyl/N-ethyl adjacent to an activating group) is 1. The number of rotatable bonds is 2. The van der Waals surface area contributed by atoms with Crippen LogP contribution in [0.2, 0.25) is 0 Å². The number of piperidine rings is 1. The summed E-state index contributed by atoms with van der Waals surface area (Å²) in [5, 5.41) is 8.68. The molecule has 5 heteroatoms. The monoisotopic (exact) mass is 231 g/mol. The third-order valence-electron chi connectivity index (χ3n) is 3.20. The number of aromatic nitrogens is 2. The minimum absolute atomic E-state index is 0.370. The highest BCUT2D eigenvalue weighted by Crippen LogP contribution is 2.18. The molecule has 1 fully saturated rings. The van der Waals surface area contributed by atoms with Crippen molar-refractivity contribution in [1.82, 2.24) is 14.9 Å². The Morgan fingerprint density at radius 1 is 1.41 bits per heavy atom. The van der Waals surface area contributed by atoms with Gasteiger partial charge in [0.25, 0.3) is 0 Å². The van der Waals surface area contributed by atoms with Gasteiger partial charge in [0.15, 0.2) is 5.69 Å². The maximum absolute atomic E-state index is 8.68. The van der Waals surface area contributed by atoms with E-state index in [9.17, 15) is 0 Å². The standard InChI is InChI=1S/C12H17N5/c1-16(2)11-4-3-5-17(9-11)12-8-14-10(6-13)7-15-12/h7-8,11H,3-5,9H2,1-2H3. The molecule has 1 aliphatic heterocycles. The fourth-order valence-corrected chi connectivity index (χ4v) is 2.13. The third kappa shape index (κ3) is 2.71. The van der Waals surface area contributed by atoms with Crippen molar-refractivity contribution in [2.45, 2.75) is 18.9 Å². The second kappa shape index (κ2) is 5.11. The van der Waals surface area contributed by atoms with Crippen LogP contribution in [0.25, 0.3) is 0 Å². The van der Waals surface area contributed by atoms with E-state index in [1.807, 2.05) is 6.07 Å². The molecule has 1 aromatic heterocycles. The molecular formula is C12H17N5. The second-order valence-electron chi connectivity index (χ2n) is 4.58. The minimum atomic E-state index is 0.370. The van der Waals surface area contributed by atoms with Crippen LogP contribution in [-0.2, 0) is 0 Å². The van der Waals surface area contributed by atoms with Crippen LogP contribution in [0.4, 0.5) is 5.82 Å². The highest BCUT2D eigenvalue weighted by atomic mass is 15.2. The van der Waals surface area contributed by atoms with Crippen LogP contribution in [0, 0.1) is 11.3 Å². The lowest BCUT2D eigenvalue weighted by Crippen LogP contribution is -2.45. The quantitative estimate of drug-likeness (QED) is 0.756. The van der Waals surface area contributed by atoms with Gasteiger partial charge in [0.2, 0.25) is 0 Å². The molecular weight excluding hydrogens is 214 g/mol. The smallest absolute Gasteiger partial charge is 0.158 e. The second-order valence-corrected chi connectivity index (χ2v) is 4.58. The zero-order valence-corrected chi connectivity index (χ0v) is 10.3. The van der Waals surface area contributed by atoms with Crippen LogP contribution in [0.1, 0.15) is 18.5 Å². The average Bonchev–Trinajstić information content (AvgIpc) is 2.39. The van der Waals surface area contributed by atoms with Gasteiger partial charge in [-0.1, -0.05) is 0 Å². The lowest BCUT2D eigenvalue weighted by Gasteiger charge is -2.36. The topological polar surface area (TPSA) is 56.0 Å². The van der Waals surface area contributed by atoms with Crippen LogP contribution in [0.5, 0.6) is 0 Å². The van der Waals surface area contributed by atoms with Crippen LogP contribution in [-0.4, -0.2) is 48.1 Å². The Balaban J connectivity index is 2.08. The molecule has 1 saturated heterocycles. The maximum atomic E-state index is 8.68. The zero-order chi connectivity index (χ0) is 12.3. The molecule has 0 bridgehead atoms. The van der Waals surface area contributed by atoms with Crippen molar-refractivity contribution in [1.29, 1.82) is 5.26 Å². The van der Waals surface area contributed by atoms with Gasteiger partial charge in [-0.2, -0.15) is 5.26 Å². The van der Waals surface area contributed by atoms with Gasteiger partial charge in [-0.25, -0.2) is 9.97 Å². The van der Waals surface area contributed by atoms with Gasteiger partial charge in [-0.3, -0.25) is 0 Å². The van der Waals surface area contributed by atoms with E-state index in [1.54, 1.807) is 6.20 Å². The van der Waals surface area contributed by atoms with Crippen molar-refractivity contribution in [2.75, 3.05) is 32.1 Å². The van der Waals surface area contributed by atoms with Crippen molar-refractivity contribution in [3.63, 3.8) is 0 Å². The van der Waals surface area contributed by atoms with Crippen LogP contribution < -0.4 is 4.90 Å². The summed E-state index contributed by atoms with van der Waals surface area (Å²) in [6.07, 6.45) is 5.63. The molecule has 0 saturated carbocycles. The van der Waals surface area contributed by atoms with Crippen molar-refractivity contribution in [3.05, 3.63) is 18.1 Å². The number of nitriles is 1. The zero-order valence-electron chi connectivity index (χ0n) is 10.3. The fourth-order valence-electron chi connectivity index (χ4n) is 2.13. The van der Waals surface area contributed by atoms with Gasteiger partial charge in [0.1, 0.15) is 11.9 Å². The Labute approximate surface area is 102 Å². The number of nitrogens with zero attached hydrogens (tertiary/aromatic N) is 5. The predicted octanol–water partition coefficient (Wildman–Crippen LogP) is 0.879. The molecule has 0 aliphatic carbocycles. The largest absolute Gasteiger partial charge is 0.354 e. The van der Waals surface area contributed by atoms with E-state index in [-0.39, 0.29) is 0 Å². The highest BCUT2D eigenvalue weighted by Gasteiger charge is 2.22. The van der Waals surface area contributed by atoms with E-state index in [1.165, 1.54) is 19.0 Å². The molecule has 1 aromatic rings. The highest BCUT2D eigenvalue weighted by molar-refractivity contribution is 5.38. The van der Waals surface area contributed by atoms with Crippen molar-refractivity contribution < 1.29 is 0 Å². The summed E-state index contributed by atoms with van der Waals surface area (Å²) in [6, 6.07) is 2.55. The summed E-state index contributed by atoms with van der Waals surface area (Å²) in [4.78, 5) is 12.8. The molecule has 2 heterocycles. The summed E-state index contributed by atoms with van der Waals surface area (Å²) in [7, 11) is 4.22. The van der Waals surface area contributed by atoms with Crippen molar-refractivity contribution >= 4 is 5.82 Å². The minimum Gasteiger partial charge on any atom is -0.354 e. The molecule has 1 atom stereocenters. The van der Waals surface area contributed by atoms with Gasteiger partial charge in [0.05, 0.1) is 12.4 Å². The Kier molecular flexibility index (Phi) is 3.55. The first-order chi connectivity index (χ1) is 8.20. The Morgan fingerprint density at radius 3 is 2.82 bits per heavy atom. The summed E-state index contributed by atoms with van der Waals surface area (Å²) in [6.45, 7) is 2.00. The van der Waals surface area contributed by atoms with E-state index in [0.717, 1.165) is 18.9 Å². The summed E-state index contributed by atoms with van der Waals surface area (Å²) in [5.41, 5.74) is 0.370. The number of hydrogen-bond donors (Lipinski definition) is 0. The van der Waals surface area contributed by atoms with E-state index in [0.29, 0.717) is 11.7 Å². The van der Waals surface area contributed by atoms with Crippen molar-refractivity contribution in [3.8, 4) is 6.07 Å². The fraction of sp³-hybridized carbons (Fsp3) is 0.583. The molecule has 0 amide bonds. The molecule has 90 valence electrons. The molecule has 17 heavy (non-hydrogen) atoms. The van der Waals surface area contributed by atoms with E-state index in [2.05, 4.69) is 33.9 Å². The van der Waals surface area contributed by atoms with Crippen molar-refractivity contribution in [2.24, 2.45) is 0 Å². The Bertz CT molecular complexity index is 406. The van der Waals surface area contributed by atoms with Gasteiger partial charge < -0.3 is 9.80 Å². The molecule has 1 unspecified atom stereocenters. The van der Waals surface area contributed by atoms with E-state index in [4.69, 9.17) is 5.26 Å². The van der Waals surface area contributed by atoms with Gasteiger partial charge >= 0.3 is 0 Å². The predicted molar refractivity (Wildman–Crippen MR) is 65.7 cm³/mol. The van der Waals surface area contributed by atoms with E-state index >= 15 is 0 Å². The Hall–Kier alpha value is -1.67. The van der Waals surface area contributed by atoms with Crippen LogP contribution in [0.15, 0.2) is 12.4 Å². The third-order valence-corrected chi connectivity index (χ3v) is 3.20. The number of hydrogen-bond acceptors (Lipinski definition) is 5. The lowest BCUT2D eigenvalue weighted by atomic mass is 10.1. The van der Waals surface area contributed by atoms with Gasteiger partial charge in [0, 0.05) is 19.1 Å². The molecule has 0 N–H and O–H groups in total. The SMILES string of the molecule is CN(C)C1CCCN(c2cnc(C#N)cn2)C1. The molecule has 0 aromatic carbocycles. The van der Waals surface area contributed by atoms with Gasteiger partial charge in [-0.15, -0.1) is 0 Å². The molecule has 0 spiro atoms. The first-order valence-electron chi connectivity index (χ1n) is 5.84. The normalized spacial score (nSPS) is 20.4. The number of anilines is 1. The molecule has 1 aliphatic rings. The summed E-state index contributed by atoms with van der Waals surface area (Å²) >= 11 is 0. The lowest BCUT2D eigenvalue weighted by molar-refractivity contribution is 0.257. The summed E-state index contributed by atoms with van der Waals surface area (Å²) in [5.74, 6) is 0.871. The van der Waals surface area contributed by atoms with Crippen LogP contribution in [0.3, 0.4) is 0 Å². The molecule has 5 nitrogen and oxygen atoms in total. The summed E-state index contributed by atoms with van der Waals surface area (Å²) < 4.78 is 0. The average molecular weight is 231 g/mol. The van der Waals surface area contributed by atoms with Crippen LogP contribution >= 0.6 is 0 Å². The molecule has 2 rings (SSSR count). The first kappa shape index (κ1) is 11.8. The Morgan fingerprint density at radius 2 is 2.24 bits per heavy atom. The first-order valence-corrected chi connectivity index (χ1v) is 5.84. The molecule has 0 radical (unpaired) electrons. The van der Waals surface area contributed by atoms with E-state index < -0.39 is 0 Å². The maximum Gasteiger partial charge on any atom is 0.158 e. The van der Waals surface area contributed by atoms with Gasteiger partial charge in [-0.05, 0) is 26.9 Å².